The number of rotatable bonds is 2. The second-order valence-electron chi connectivity index (χ2n) is 5.97. The zero-order valence-corrected chi connectivity index (χ0v) is 11.6. The number of nitrogens with zero attached hydrogens (tertiary/aromatic N) is 2. The molecule has 0 aromatic carbocycles. The summed E-state index contributed by atoms with van der Waals surface area (Å²) in [5.41, 5.74) is 2.04. The monoisotopic (exact) mass is 258 g/mol. The molecule has 2 fully saturated rings. The molecule has 2 aliphatic rings. The first-order chi connectivity index (χ1) is 9.24. The van der Waals surface area contributed by atoms with Gasteiger partial charge < -0.3 is 0 Å². The Morgan fingerprint density at radius 1 is 1.21 bits per heavy atom. The van der Waals surface area contributed by atoms with Gasteiger partial charge in [-0.1, -0.05) is 19.3 Å². The van der Waals surface area contributed by atoms with Crippen molar-refractivity contribution in [1.29, 1.82) is 0 Å². The minimum absolute atomic E-state index is 0.231. The molecule has 0 saturated heterocycles. The van der Waals surface area contributed by atoms with Crippen LogP contribution in [0.1, 0.15) is 55.3 Å². The number of carbonyl (C=O) groups is 1. The van der Waals surface area contributed by atoms with Crippen LogP contribution in [0.15, 0.2) is 23.3 Å². The molecular formula is C16H22N2O. The molecule has 3 nitrogen and oxygen atoms in total. The summed E-state index contributed by atoms with van der Waals surface area (Å²) in [6.07, 6.45) is 10.2. The molecule has 3 heteroatoms. The Morgan fingerprint density at radius 2 is 1.95 bits per heavy atom. The van der Waals surface area contributed by atoms with Crippen LogP contribution in [-0.4, -0.2) is 16.5 Å². The van der Waals surface area contributed by atoms with Gasteiger partial charge in [0.25, 0.3) is 0 Å². The smallest absolute Gasteiger partial charge is 0.235 e. The van der Waals surface area contributed by atoms with E-state index in [-0.39, 0.29) is 11.8 Å². The van der Waals surface area contributed by atoms with Gasteiger partial charge in [-0.15, -0.1) is 0 Å². The Kier molecular flexibility index (Phi) is 3.54. The van der Waals surface area contributed by atoms with Gasteiger partial charge >= 0.3 is 0 Å². The van der Waals surface area contributed by atoms with Crippen LogP contribution in [0.3, 0.4) is 0 Å². The van der Waals surface area contributed by atoms with E-state index in [1.165, 1.54) is 37.7 Å². The average Bonchev–Trinajstić information content (AvgIpc) is 3.24. The summed E-state index contributed by atoms with van der Waals surface area (Å²) in [5.74, 6) is 0.475. The fraction of sp³-hybridized carbons (Fsp3) is 0.625. The number of aryl methyl sites for hydroxylation is 1. The van der Waals surface area contributed by atoms with Gasteiger partial charge in [0.2, 0.25) is 5.91 Å². The number of aromatic nitrogens is 1. The van der Waals surface area contributed by atoms with Gasteiger partial charge in [0.05, 0.1) is 6.04 Å². The van der Waals surface area contributed by atoms with E-state index < -0.39 is 0 Å². The van der Waals surface area contributed by atoms with Crippen molar-refractivity contribution in [3.63, 3.8) is 0 Å². The highest BCUT2D eigenvalue weighted by molar-refractivity contribution is 5.83. The highest BCUT2D eigenvalue weighted by Gasteiger charge is 2.31. The van der Waals surface area contributed by atoms with Gasteiger partial charge in [-0.05, 0) is 50.3 Å². The predicted molar refractivity (Wildman–Crippen MR) is 75.0 cm³/mol. The molecule has 1 heterocycles. The van der Waals surface area contributed by atoms with Gasteiger partial charge in [-0.2, -0.15) is 0 Å². The zero-order valence-electron chi connectivity index (χ0n) is 11.6. The molecule has 1 aromatic heterocycles. The quantitative estimate of drug-likeness (QED) is 0.802. The lowest BCUT2D eigenvalue weighted by Crippen LogP contribution is -2.30. The van der Waals surface area contributed by atoms with Gasteiger partial charge in [-0.25, -0.2) is 0 Å². The maximum atomic E-state index is 12.3. The van der Waals surface area contributed by atoms with Crippen molar-refractivity contribution in [2.45, 2.75) is 57.9 Å². The molecule has 0 atom stereocenters. The molecule has 2 saturated carbocycles. The van der Waals surface area contributed by atoms with Crippen LogP contribution in [0.4, 0.5) is 0 Å². The Morgan fingerprint density at radius 3 is 2.63 bits per heavy atom. The van der Waals surface area contributed by atoms with Crippen molar-refractivity contribution in [3.05, 3.63) is 29.4 Å². The number of pyridine rings is 1. The van der Waals surface area contributed by atoms with E-state index in [2.05, 4.69) is 13.0 Å². The number of carbonyl (C=O) groups excluding carboxylic acids is 1. The topological polar surface area (TPSA) is 34.4 Å². The van der Waals surface area contributed by atoms with Crippen molar-refractivity contribution in [3.8, 4) is 0 Å². The van der Waals surface area contributed by atoms with Gasteiger partial charge in [-0.3, -0.25) is 14.4 Å². The van der Waals surface area contributed by atoms with Gasteiger partial charge in [0, 0.05) is 12.1 Å². The predicted octanol–water partition coefficient (Wildman–Crippen LogP) is 3.08. The maximum Gasteiger partial charge on any atom is 0.235 e. The van der Waals surface area contributed by atoms with Gasteiger partial charge in [0.15, 0.2) is 0 Å². The molecule has 0 unspecified atom stereocenters. The molecule has 102 valence electrons. The first kappa shape index (κ1) is 12.6. The Bertz CT molecular complexity index is 534. The summed E-state index contributed by atoms with van der Waals surface area (Å²) in [6.45, 7) is 2.06. The maximum absolute atomic E-state index is 12.3. The molecule has 0 N–H and O–H groups in total. The third-order valence-electron chi connectivity index (χ3n) is 4.14. The summed E-state index contributed by atoms with van der Waals surface area (Å²) >= 11 is 0. The highest BCUT2D eigenvalue weighted by Crippen LogP contribution is 2.30. The third kappa shape index (κ3) is 2.96. The Balaban J connectivity index is 1.95. The van der Waals surface area contributed by atoms with Crippen LogP contribution in [0.25, 0.3) is 0 Å². The zero-order chi connectivity index (χ0) is 13.2. The van der Waals surface area contributed by atoms with E-state index in [0.29, 0.717) is 6.04 Å². The molecule has 0 radical (unpaired) electrons. The first-order valence-electron chi connectivity index (χ1n) is 7.51. The number of hydrogen-bond acceptors (Lipinski definition) is 2. The minimum Gasteiger partial charge on any atom is -0.274 e. The summed E-state index contributed by atoms with van der Waals surface area (Å²) in [6, 6.07) is 4.46. The van der Waals surface area contributed by atoms with Crippen molar-refractivity contribution in [2.24, 2.45) is 10.9 Å². The molecule has 2 aliphatic carbocycles. The lowest BCUT2D eigenvalue weighted by molar-refractivity contribution is 0.0880. The molecule has 19 heavy (non-hydrogen) atoms. The van der Waals surface area contributed by atoms with Crippen LogP contribution in [0.5, 0.6) is 0 Å². The van der Waals surface area contributed by atoms with E-state index in [9.17, 15) is 4.79 Å². The third-order valence-corrected chi connectivity index (χ3v) is 4.14. The minimum atomic E-state index is 0.231. The highest BCUT2D eigenvalue weighted by atomic mass is 16.2. The standard InChI is InChI=1S/C16H22N2O/c1-12-9-10-18(16(19)13-7-8-13)15(11-12)17-14-5-3-2-4-6-14/h9-11,13-14H,2-8H2,1H3. The van der Waals surface area contributed by atoms with Crippen molar-refractivity contribution in [1.82, 2.24) is 4.57 Å². The van der Waals surface area contributed by atoms with E-state index in [0.717, 1.165) is 18.3 Å². The van der Waals surface area contributed by atoms with Crippen LogP contribution in [0.2, 0.25) is 0 Å². The van der Waals surface area contributed by atoms with Crippen molar-refractivity contribution < 1.29 is 4.79 Å². The molecule has 1 aromatic rings. The Hall–Kier alpha value is -1.38. The summed E-state index contributed by atoms with van der Waals surface area (Å²) in [5, 5.41) is 0. The van der Waals surface area contributed by atoms with E-state index in [4.69, 9.17) is 4.99 Å². The van der Waals surface area contributed by atoms with Crippen LogP contribution in [0, 0.1) is 12.8 Å². The van der Waals surface area contributed by atoms with Crippen LogP contribution < -0.4 is 5.49 Å². The largest absolute Gasteiger partial charge is 0.274 e. The van der Waals surface area contributed by atoms with E-state index in [1.54, 1.807) is 4.57 Å². The lowest BCUT2D eigenvalue weighted by atomic mass is 9.96. The fourth-order valence-corrected chi connectivity index (χ4v) is 2.80. The van der Waals surface area contributed by atoms with Crippen molar-refractivity contribution in [2.75, 3.05) is 0 Å². The SMILES string of the molecule is Cc1ccn(C(=O)C2CC2)c(=NC2CCCCC2)c1. The van der Waals surface area contributed by atoms with Crippen LogP contribution >= 0.6 is 0 Å². The molecule has 0 aliphatic heterocycles. The second kappa shape index (κ2) is 5.32. The summed E-state index contributed by atoms with van der Waals surface area (Å²) in [7, 11) is 0. The lowest BCUT2D eigenvalue weighted by Gasteiger charge is -2.18. The number of hydrogen-bond donors (Lipinski definition) is 0. The summed E-state index contributed by atoms with van der Waals surface area (Å²) in [4.78, 5) is 17.1. The van der Waals surface area contributed by atoms with Gasteiger partial charge in [0.1, 0.15) is 5.49 Å². The molecule has 0 spiro atoms. The molecule has 3 rings (SSSR count). The summed E-state index contributed by atoms with van der Waals surface area (Å²) < 4.78 is 1.78. The van der Waals surface area contributed by atoms with E-state index >= 15 is 0 Å². The molecule has 0 bridgehead atoms. The average molecular weight is 258 g/mol. The fourth-order valence-electron chi connectivity index (χ4n) is 2.80. The molecule has 0 amide bonds. The molecular weight excluding hydrogens is 236 g/mol. The second-order valence-corrected chi connectivity index (χ2v) is 5.97. The Labute approximate surface area is 114 Å². The van der Waals surface area contributed by atoms with Crippen LogP contribution in [-0.2, 0) is 0 Å². The normalized spacial score (nSPS) is 21.6. The van der Waals surface area contributed by atoms with Crippen molar-refractivity contribution >= 4 is 5.91 Å². The first-order valence-corrected chi connectivity index (χ1v) is 7.51. The van der Waals surface area contributed by atoms with E-state index in [1.807, 2.05) is 12.3 Å².